The van der Waals surface area contributed by atoms with Crippen LogP contribution in [0.4, 0.5) is 0 Å². The van der Waals surface area contributed by atoms with E-state index in [9.17, 15) is 0 Å². The van der Waals surface area contributed by atoms with Crippen molar-refractivity contribution in [1.82, 2.24) is 0 Å². The summed E-state index contributed by atoms with van der Waals surface area (Å²) >= 11 is -0.690. The van der Waals surface area contributed by atoms with Crippen LogP contribution in [0.1, 0.15) is 99.3 Å². The number of unbranched alkanes of at least 4 members (excludes halogenated alkanes) is 3. The number of rotatable bonds is 18. The van der Waals surface area contributed by atoms with Crippen LogP contribution in [0.5, 0.6) is 0 Å². The Morgan fingerprint density at radius 1 is 0.692 bits per heavy atom. The Morgan fingerprint density at radius 3 is 1.38 bits per heavy atom. The van der Waals surface area contributed by atoms with Gasteiger partial charge in [-0.05, 0) is 0 Å². The first kappa shape index (κ1) is 26.6. The van der Waals surface area contributed by atoms with Crippen LogP contribution in [0.15, 0.2) is 9.79 Å². The monoisotopic (exact) mass is 492 g/mol. The van der Waals surface area contributed by atoms with Crippen LogP contribution in [0, 0.1) is 0 Å². The molecule has 154 valence electrons. The Balaban J connectivity index is 5.30. The summed E-state index contributed by atoms with van der Waals surface area (Å²) in [6, 6.07) is 0. The van der Waals surface area contributed by atoms with Crippen LogP contribution in [-0.2, 0) is 13.3 Å². The molecule has 0 aromatic rings. The Bertz CT molecular complexity index is 311. The average molecular weight is 491 g/mol. The standard InChI is InChI=1S/C13H27.C8H17O3Si.Sn/c1-4-7-10-13(11-8-5-2)12-9-6-3;1-5-9-12(8-4,10-6-2)11-7-3;/h4-12H2,1-3H3;4,8H,5-7H2,1-3H3;. The molecule has 0 amide bonds. The topological polar surface area (TPSA) is 27.7 Å². The van der Waals surface area contributed by atoms with Crippen molar-refractivity contribution in [2.24, 2.45) is 0 Å². The summed E-state index contributed by atoms with van der Waals surface area (Å²) in [7, 11) is -2.63. The molecule has 5 heteroatoms. The van der Waals surface area contributed by atoms with Crippen molar-refractivity contribution < 1.29 is 13.3 Å². The molecule has 3 nitrogen and oxygen atoms in total. The molecule has 26 heavy (non-hydrogen) atoms. The third-order valence-electron chi connectivity index (χ3n) is 4.74. The molecule has 0 aromatic carbocycles. The molecule has 0 saturated carbocycles. The summed E-state index contributed by atoms with van der Waals surface area (Å²) in [6.07, 6.45) is 12.2. The fourth-order valence-corrected chi connectivity index (χ4v) is 11.6. The molecular weight excluding hydrogens is 447 g/mol. The van der Waals surface area contributed by atoms with Crippen LogP contribution in [0.2, 0.25) is 3.43 Å². The second-order valence-corrected chi connectivity index (χ2v) is 14.2. The minimum atomic E-state index is -2.63. The van der Waals surface area contributed by atoms with E-state index in [-0.39, 0.29) is 0 Å². The van der Waals surface area contributed by atoms with Gasteiger partial charge >= 0.3 is 176 Å². The molecule has 0 aromatic heterocycles. The van der Waals surface area contributed by atoms with Crippen molar-refractivity contribution in [3.63, 3.8) is 0 Å². The molecule has 0 aliphatic carbocycles. The van der Waals surface area contributed by atoms with Crippen LogP contribution < -0.4 is 0 Å². The van der Waals surface area contributed by atoms with Gasteiger partial charge in [0.15, 0.2) is 0 Å². The minimum absolute atomic E-state index is 0.604. The SMILES string of the molecule is CCCC[C](CCCC)(CCCC)[Sn]/[CH]=C/[Si](OCC)(OCC)OCC. The second-order valence-electron chi connectivity index (χ2n) is 6.97. The maximum absolute atomic E-state index is 6.00. The normalized spacial score (nSPS) is 13.0. The summed E-state index contributed by atoms with van der Waals surface area (Å²) in [6.45, 7) is 15.0. The van der Waals surface area contributed by atoms with Gasteiger partial charge in [-0.2, -0.15) is 0 Å². The Kier molecular flexibility index (Phi) is 17.0. The maximum atomic E-state index is 6.00. The van der Waals surface area contributed by atoms with Crippen LogP contribution in [0.25, 0.3) is 0 Å². The van der Waals surface area contributed by atoms with Crippen molar-refractivity contribution in [3.8, 4) is 0 Å². The van der Waals surface area contributed by atoms with Gasteiger partial charge in [-0.1, -0.05) is 0 Å². The molecular formula is C21H44O3SiSn. The Labute approximate surface area is 175 Å². The van der Waals surface area contributed by atoms with Crippen molar-refractivity contribution in [1.29, 1.82) is 0 Å². The summed E-state index contributed by atoms with van der Waals surface area (Å²) in [5, 5.41) is 0. The first-order chi connectivity index (χ1) is 12.6. The molecule has 0 heterocycles. The first-order valence-electron chi connectivity index (χ1n) is 10.9. The van der Waals surface area contributed by atoms with Crippen LogP contribution >= 0.6 is 0 Å². The van der Waals surface area contributed by atoms with Crippen molar-refractivity contribution >= 4 is 29.9 Å². The fraction of sp³-hybridized carbons (Fsp3) is 0.905. The molecule has 0 aliphatic heterocycles. The van der Waals surface area contributed by atoms with Gasteiger partial charge in [-0.25, -0.2) is 0 Å². The molecule has 0 spiro atoms. The van der Waals surface area contributed by atoms with E-state index in [0.29, 0.717) is 23.3 Å². The first-order valence-corrected chi connectivity index (χ1v) is 15.8. The predicted molar refractivity (Wildman–Crippen MR) is 117 cm³/mol. The Morgan fingerprint density at radius 2 is 1.08 bits per heavy atom. The molecule has 0 fully saturated rings. The third-order valence-corrected chi connectivity index (χ3v) is 13.2. The fourth-order valence-electron chi connectivity index (χ4n) is 3.33. The van der Waals surface area contributed by atoms with E-state index in [1.54, 1.807) is 0 Å². The molecule has 0 unspecified atom stereocenters. The van der Waals surface area contributed by atoms with Crippen LogP contribution in [-0.4, -0.2) is 49.8 Å². The van der Waals surface area contributed by atoms with Gasteiger partial charge in [0.2, 0.25) is 0 Å². The van der Waals surface area contributed by atoms with E-state index in [1.807, 2.05) is 20.8 Å². The summed E-state index contributed by atoms with van der Waals surface area (Å²) in [5.74, 6) is 0. The van der Waals surface area contributed by atoms with E-state index in [0.717, 1.165) is 0 Å². The van der Waals surface area contributed by atoms with E-state index >= 15 is 0 Å². The summed E-state index contributed by atoms with van der Waals surface area (Å²) in [4.78, 5) is 0. The van der Waals surface area contributed by atoms with Crippen molar-refractivity contribution in [2.45, 2.75) is 103 Å². The van der Waals surface area contributed by atoms with E-state index < -0.39 is 29.9 Å². The second kappa shape index (κ2) is 16.6. The van der Waals surface area contributed by atoms with Crippen LogP contribution in [0.3, 0.4) is 0 Å². The van der Waals surface area contributed by atoms with Gasteiger partial charge in [-0.15, -0.1) is 0 Å². The van der Waals surface area contributed by atoms with Crippen molar-refractivity contribution in [2.75, 3.05) is 19.8 Å². The van der Waals surface area contributed by atoms with Gasteiger partial charge in [-0.3, -0.25) is 0 Å². The zero-order valence-corrected chi connectivity index (χ0v) is 22.2. The summed E-state index contributed by atoms with van der Waals surface area (Å²) in [5.41, 5.74) is 2.23. The molecule has 0 aliphatic rings. The van der Waals surface area contributed by atoms with Crippen molar-refractivity contribution in [3.05, 3.63) is 9.79 Å². The number of hydrogen-bond acceptors (Lipinski definition) is 3. The third kappa shape index (κ3) is 10.8. The molecule has 2 radical (unpaired) electrons. The molecule has 0 atom stereocenters. The van der Waals surface area contributed by atoms with Gasteiger partial charge in [0, 0.05) is 0 Å². The quantitative estimate of drug-likeness (QED) is 0.204. The molecule has 0 N–H and O–H groups in total. The molecule has 0 bridgehead atoms. The Hall–Kier alpha value is 0.636. The number of hydrogen-bond donors (Lipinski definition) is 0. The zero-order chi connectivity index (χ0) is 19.7. The molecule has 0 rings (SSSR count). The zero-order valence-electron chi connectivity index (χ0n) is 18.4. The summed E-state index contributed by atoms with van der Waals surface area (Å²) < 4.78 is 21.1. The van der Waals surface area contributed by atoms with E-state index in [2.05, 4.69) is 30.6 Å². The van der Waals surface area contributed by atoms with Gasteiger partial charge in [0.05, 0.1) is 0 Å². The van der Waals surface area contributed by atoms with Gasteiger partial charge in [0.1, 0.15) is 0 Å². The predicted octanol–water partition coefficient (Wildman–Crippen LogP) is 6.52. The van der Waals surface area contributed by atoms with Gasteiger partial charge in [0.25, 0.3) is 0 Å². The van der Waals surface area contributed by atoms with E-state index in [1.165, 1.54) is 57.8 Å². The average Bonchev–Trinajstić information content (AvgIpc) is 2.63. The molecule has 0 saturated heterocycles. The van der Waals surface area contributed by atoms with E-state index in [4.69, 9.17) is 13.3 Å². The van der Waals surface area contributed by atoms with Gasteiger partial charge < -0.3 is 0 Å².